The van der Waals surface area contributed by atoms with Crippen LogP contribution < -0.4 is 10.2 Å². The number of hydrogen-bond donors (Lipinski definition) is 1. The summed E-state index contributed by atoms with van der Waals surface area (Å²) in [6, 6.07) is 12.4. The van der Waals surface area contributed by atoms with Crippen molar-refractivity contribution in [3.05, 3.63) is 47.7 Å². The molecule has 0 saturated carbocycles. The molecule has 0 aliphatic heterocycles. The summed E-state index contributed by atoms with van der Waals surface area (Å²) in [5.74, 6) is 1.65. The zero-order valence-corrected chi connectivity index (χ0v) is 14.6. The molecule has 23 heavy (non-hydrogen) atoms. The molecule has 1 N–H and O–H groups in total. The fraction of sp³-hybridized carbons (Fsp3) is 0.444. The summed E-state index contributed by atoms with van der Waals surface area (Å²) in [5, 5.41) is 3.32. The Hall–Kier alpha value is -2.14. The highest BCUT2D eigenvalue weighted by molar-refractivity contribution is 5.44. The molecule has 2 rings (SSSR count). The van der Waals surface area contributed by atoms with Crippen molar-refractivity contribution in [3.8, 4) is 0 Å². The minimum Gasteiger partial charge on any atom is -0.355 e. The van der Waals surface area contributed by atoms with Gasteiger partial charge in [0.2, 0.25) is 5.95 Å². The Labute approximate surface area is 139 Å². The van der Waals surface area contributed by atoms with Gasteiger partial charge >= 0.3 is 0 Å². The van der Waals surface area contributed by atoms with Crippen LogP contribution in [0.15, 0.2) is 36.4 Å². The van der Waals surface area contributed by atoms with Crippen molar-refractivity contribution in [1.29, 1.82) is 0 Å². The molecule has 0 amide bonds. The molecular weight excluding hydrogens is 286 g/mol. The molecule has 1 aromatic heterocycles. The maximum absolute atomic E-state index is 4.64. The van der Waals surface area contributed by atoms with Gasteiger partial charge in [0.25, 0.3) is 0 Å². The first-order valence-corrected chi connectivity index (χ1v) is 8.04. The van der Waals surface area contributed by atoms with Gasteiger partial charge in [0.15, 0.2) is 0 Å². The lowest BCUT2D eigenvalue weighted by molar-refractivity contribution is 0.405. The predicted molar refractivity (Wildman–Crippen MR) is 97.0 cm³/mol. The molecule has 124 valence electrons. The van der Waals surface area contributed by atoms with Gasteiger partial charge in [-0.3, -0.25) is 0 Å². The monoisotopic (exact) mass is 313 g/mol. The Morgan fingerprint density at radius 3 is 2.48 bits per heavy atom. The minimum atomic E-state index is 0.707. The number of benzene rings is 1. The molecule has 0 unspecified atom stereocenters. The number of nitrogens with zero attached hydrogens (tertiary/aromatic N) is 4. The lowest BCUT2D eigenvalue weighted by Crippen LogP contribution is -2.20. The lowest BCUT2D eigenvalue weighted by atomic mass is 10.2. The average Bonchev–Trinajstić information content (AvgIpc) is 2.52. The van der Waals surface area contributed by atoms with E-state index in [1.54, 1.807) is 0 Å². The van der Waals surface area contributed by atoms with Crippen LogP contribution in [0, 0.1) is 6.92 Å². The summed E-state index contributed by atoms with van der Waals surface area (Å²) in [7, 11) is 6.23. The first-order chi connectivity index (χ1) is 11.0. The second-order valence-electron chi connectivity index (χ2n) is 6.12. The van der Waals surface area contributed by atoms with Crippen molar-refractivity contribution in [2.24, 2.45) is 0 Å². The van der Waals surface area contributed by atoms with Crippen LogP contribution in [0.25, 0.3) is 0 Å². The highest BCUT2D eigenvalue weighted by Crippen LogP contribution is 2.16. The molecule has 5 nitrogen and oxygen atoms in total. The van der Waals surface area contributed by atoms with Crippen molar-refractivity contribution in [1.82, 2.24) is 14.9 Å². The fourth-order valence-electron chi connectivity index (χ4n) is 2.36. The third-order valence-corrected chi connectivity index (χ3v) is 3.56. The van der Waals surface area contributed by atoms with Crippen molar-refractivity contribution in [2.45, 2.75) is 19.9 Å². The van der Waals surface area contributed by atoms with Gasteiger partial charge in [0.1, 0.15) is 5.82 Å². The van der Waals surface area contributed by atoms with E-state index in [4.69, 9.17) is 0 Å². The molecule has 1 heterocycles. The molecule has 0 aliphatic carbocycles. The zero-order valence-electron chi connectivity index (χ0n) is 14.6. The van der Waals surface area contributed by atoms with Crippen LogP contribution in [0.2, 0.25) is 0 Å². The Morgan fingerprint density at radius 1 is 1.04 bits per heavy atom. The maximum Gasteiger partial charge on any atom is 0.224 e. The normalized spacial score (nSPS) is 10.8. The summed E-state index contributed by atoms with van der Waals surface area (Å²) in [4.78, 5) is 13.4. The second kappa shape index (κ2) is 8.48. The number of hydrogen-bond acceptors (Lipinski definition) is 5. The molecule has 0 saturated heterocycles. The number of aromatic nitrogens is 2. The van der Waals surface area contributed by atoms with Gasteiger partial charge in [0.05, 0.1) is 0 Å². The Balaban J connectivity index is 1.98. The number of rotatable bonds is 8. The van der Waals surface area contributed by atoms with E-state index in [2.05, 4.69) is 70.5 Å². The van der Waals surface area contributed by atoms with Crippen molar-refractivity contribution < 1.29 is 0 Å². The SMILES string of the molecule is Cc1cc(N(C)Cc2ccccc2)nc(NCCCN(C)C)n1. The van der Waals surface area contributed by atoms with Crippen LogP contribution in [-0.2, 0) is 6.54 Å². The van der Waals surface area contributed by atoms with Gasteiger partial charge in [-0.15, -0.1) is 0 Å². The summed E-state index contributed by atoms with van der Waals surface area (Å²) in [5.41, 5.74) is 2.25. The molecule has 5 heteroatoms. The van der Waals surface area contributed by atoms with Crippen molar-refractivity contribution >= 4 is 11.8 Å². The molecule has 1 aromatic carbocycles. The fourth-order valence-corrected chi connectivity index (χ4v) is 2.36. The number of anilines is 2. The summed E-state index contributed by atoms with van der Waals surface area (Å²) in [6.45, 7) is 4.77. The van der Waals surface area contributed by atoms with Gasteiger partial charge in [-0.25, -0.2) is 4.98 Å². The van der Waals surface area contributed by atoms with Crippen LogP contribution in [0.4, 0.5) is 11.8 Å². The van der Waals surface area contributed by atoms with Gasteiger partial charge in [-0.1, -0.05) is 30.3 Å². The van der Waals surface area contributed by atoms with E-state index in [0.29, 0.717) is 5.95 Å². The van der Waals surface area contributed by atoms with Gasteiger partial charge in [-0.2, -0.15) is 4.98 Å². The van der Waals surface area contributed by atoms with E-state index < -0.39 is 0 Å². The van der Waals surface area contributed by atoms with E-state index >= 15 is 0 Å². The van der Waals surface area contributed by atoms with E-state index in [1.807, 2.05) is 19.1 Å². The zero-order chi connectivity index (χ0) is 16.7. The average molecular weight is 313 g/mol. The summed E-state index contributed by atoms with van der Waals surface area (Å²) in [6.07, 6.45) is 1.07. The summed E-state index contributed by atoms with van der Waals surface area (Å²) >= 11 is 0. The van der Waals surface area contributed by atoms with E-state index in [-0.39, 0.29) is 0 Å². The highest BCUT2D eigenvalue weighted by atomic mass is 15.2. The molecule has 0 aliphatic rings. The first-order valence-electron chi connectivity index (χ1n) is 8.04. The summed E-state index contributed by atoms with van der Waals surface area (Å²) < 4.78 is 0. The molecule has 0 fully saturated rings. The van der Waals surface area contributed by atoms with Gasteiger partial charge < -0.3 is 15.1 Å². The van der Waals surface area contributed by atoms with Crippen LogP contribution in [0.1, 0.15) is 17.7 Å². The van der Waals surface area contributed by atoms with Crippen molar-refractivity contribution in [2.75, 3.05) is 44.4 Å². The predicted octanol–water partition coefficient (Wildman–Crippen LogP) is 2.79. The molecular formula is C18H27N5. The standard InChI is InChI=1S/C18H27N5/c1-15-13-17(23(4)14-16-9-6-5-7-10-16)21-18(20-15)19-11-8-12-22(2)3/h5-7,9-10,13H,8,11-12,14H2,1-4H3,(H,19,20,21). The Bertz CT molecular complexity index is 598. The van der Waals surface area contributed by atoms with E-state index in [0.717, 1.165) is 37.6 Å². The van der Waals surface area contributed by atoms with E-state index in [9.17, 15) is 0 Å². The molecule has 0 radical (unpaired) electrons. The quantitative estimate of drug-likeness (QED) is 0.759. The topological polar surface area (TPSA) is 44.3 Å². The second-order valence-corrected chi connectivity index (χ2v) is 6.12. The number of aryl methyl sites for hydroxylation is 1. The van der Waals surface area contributed by atoms with Crippen LogP contribution in [0.3, 0.4) is 0 Å². The maximum atomic E-state index is 4.64. The van der Waals surface area contributed by atoms with Crippen molar-refractivity contribution in [3.63, 3.8) is 0 Å². The first kappa shape index (κ1) is 17.2. The highest BCUT2D eigenvalue weighted by Gasteiger charge is 2.07. The third kappa shape index (κ3) is 5.87. The lowest BCUT2D eigenvalue weighted by Gasteiger charge is -2.19. The molecule has 0 atom stereocenters. The Kier molecular flexibility index (Phi) is 6.35. The van der Waals surface area contributed by atoms with Crippen LogP contribution in [0.5, 0.6) is 0 Å². The van der Waals surface area contributed by atoms with Crippen LogP contribution >= 0.6 is 0 Å². The molecule has 2 aromatic rings. The van der Waals surface area contributed by atoms with Gasteiger partial charge in [-0.05, 0) is 39.5 Å². The molecule has 0 bridgehead atoms. The van der Waals surface area contributed by atoms with E-state index in [1.165, 1.54) is 5.56 Å². The molecule has 0 spiro atoms. The number of nitrogens with one attached hydrogen (secondary N) is 1. The largest absolute Gasteiger partial charge is 0.355 e. The Morgan fingerprint density at radius 2 is 1.78 bits per heavy atom. The minimum absolute atomic E-state index is 0.707. The smallest absolute Gasteiger partial charge is 0.224 e. The van der Waals surface area contributed by atoms with Gasteiger partial charge in [0, 0.05) is 31.9 Å². The third-order valence-electron chi connectivity index (χ3n) is 3.56. The van der Waals surface area contributed by atoms with Crippen LogP contribution in [-0.4, -0.2) is 49.1 Å².